The number of hydrogen-bond acceptors (Lipinski definition) is 3. The summed E-state index contributed by atoms with van der Waals surface area (Å²) in [5, 5.41) is 0. The molecule has 5 heteroatoms. The van der Waals surface area contributed by atoms with E-state index in [2.05, 4.69) is 11.8 Å². The molecular formula is C16H16N2O3. The maximum atomic E-state index is 12.2. The van der Waals surface area contributed by atoms with Crippen LogP contribution in [-0.2, 0) is 6.54 Å². The predicted octanol–water partition coefficient (Wildman–Crippen LogP) is 1.42. The number of rotatable bonds is 4. The van der Waals surface area contributed by atoms with Crippen molar-refractivity contribution in [2.24, 2.45) is 0 Å². The SMILES string of the molecule is CC#CCn1ccn(-c2ccccc2OCC)c(=O)c1=O. The van der Waals surface area contributed by atoms with Crippen LogP contribution in [0.15, 0.2) is 46.2 Å². The zero-order valence-electron chi connectivity index (χ0n) is 12.0. The average molecular weight is 284 g/mol. The second-order valence-electron chi connectivity index (χ2n) is 4.23. The van der Waals surface area contributed by atoms with Gasteiger partial charge in [0.2, 0.25) is 0 Å². The van der Waals surface area contributed by atoms with E-state index in [1.54, 1.807) is 37.5 Å². The zero-order valence-corrected chi connectivity index (χ0v) is 12.0. The van der Waals surface area contributed by atoms with Gasteiger partial charge in [-0.15, -0.1) is 5.92 Å². The Morgan fingerprint density at radius 1 is 1.14 bits per heavy atom. The largest absolute Gasteiger partial charge is 0.492 e. The Morgan fingerprint density at radius 3 is 2.62 bits per heavy atom. The molecule has 1 aromatic carbocycles. The van der Waals surface area contributed by atoms with Crippen LogP contribution in [-0.4, -0.2) is 15.7 Å². The van der Waals surface area contributed by atoms with Crippen molar-refractivity contribution in [3.05, 3.63) is 57.4 Å². The third-order valence-corrected chi connectivity index (χ3v) is 2.91. The van der Waals surface area contributed by atoms with Gasteiger partial charge in [-0.05, 0) is 26.0 Å². The van der Waals surface area contributed by atoms with Gasteiger partial charge in [0.05, 0.1) is 18.8 Å². The van der Waals surface area contributed by atoms with E-state index in [0.29, 0.717) is 18.0 Å². The molecule has 0 saturated carbocycles. The first-order valence-electron chi connectivity index (χ1n) is 6.63. The number of ether oxygens (including phenoxy) is 1. The van der Waals surface area contributed by atoms with E-state index in [1.165, 1.54) is 9.13 Å². The molecule has 0 unspecified atom stereocenters. The van der Waals surface area contributed by atoms with Gasteiger partial charge < -0.3 is 4.74 Å². The van der Waals surface area contributed by atoms with Gasteiger partial charge in [-0.2, -0.15) is 0 Å². The highest BCUT2D eigenvalue weighted by Gasteiger charge is 2.10. The molecule has 0 N–H and O–H groups in total. The van der Waals surface area contributed by atoms with Crippen molar-refractivity contribution in [1.82, 2.24) is 9.13 Å². The van der Waals surface area contributed by atoms with Gasteiger partial charge in [-0.1, -0.05) is 18.1 Å². The van der Waals surface area contributed by atoms with Crippen LogP contribution in [0.2, 0.25) is 0 Å². The summed E-state index contributed by atoms with van der Waals surface area (Å²) in [5.74, 6) is 6.02. The lowest BCUT2D eigenvalue weighted by Crippen LogP contribution is -2.39. The van der Waals surface area contributed by atoms with Crippen LogP contribution in [0.5, 0.6) is 5.75 Å². The van der Waals surface area contributed by atoms with E-state index in [4.69, 9.17) is 4.74 Å². The molecule has 5 nitrogen and oxygen atoms in total. The number of hydrogen-bond donors (Lipinski definition) is 0. The first kappa shape index (κ1) is 14.7. The Bertz CT molecular complexity index is 806. The van der Waals surface area contributed by atoms with Gasteiger partial charge in [-0.25, -0.2) is 0 Å². The third-order valence-electron chi connectivity index (χ3n) is 2.91. The molecule has 0 aliphatic heterocycles. The molecule has 0 amide bonds. The van der Waals surface area contributed by atoms with E-state index in [1.807, 2.05) is 13.0 Å². The molecule has 0 bridgehead atoms. The number of benzene rings is 1. The lowest BCUT2D eigenvalue weighted by atomic mass is 10.3. The van der Waals surface area contributed by atoms with Crippen LogP contribution in [0.3, 0.4) is 0 Å². The van der Waals surface area contributed by atoms with Crippen molar-refractivity contribution in [3.63, 3.8) is 0 Å². The standard InChI is InChI=1S/C16H16N2O3/c1-3-5-10-17-11-12-18(16(20)15(17)19)13-8-6-7-9-14(13)21-4-2/h6-9,11-12H,4,10H2,1-2H3. The van der Waals surface area contributed by atoms with E-state index in [9.17, 15) is 9.59 Å². The van der Waals surface area contributed by atoms with Crippen molar-refractivity contribution in [2.45, 2.75) is 20.4 Å². The summed E-state index contributed by atoms with van der Waals surface area (Å²) in [6, 6.07) is 7.11. The number of para-hydroxylation sites is 2. The Hall–Kier alpha value is -2.74. The van der Waals surface area contributed by atoms with Crippen LogP contribution >= 0.6 is 0 Å². The van der Waals surface area contributed by atoms with E-state index >= 15 is 0 Å². The summed E-state index contributed by atoms with van der Waals surface area (Å²) < 4.78 is 8.08. The summed E-state index contributed by atoms with van der Waals surface area (Å²) in [4.78, 5) is 24.3. The number of nitrogens with zero attached hydrogens (tertiary/aromatic N) is 2. The molecule has 1 heterocycles. The van der Waals surface area contributed by atoms with Crippen molar-refractivity contribution in [2.75, 3.05) is 6.61 Å². The topological polar surface area (TPSA) is 53.2 Å². The van der Waals surface area contributed by atoms with Crippen LogP contribution in [0.1, 0.15) is 13.8 Å². The monoisotopic (exact) mass is 284 g/mol. The summed E-state index contributed by atoms with van der Waals surface area (Å²) in [6.45, 7) is 4.24. The fourth-order valence-corrected chi connectivity index (χ4v) is 1.92. The van der Waals surface area contributed by atoms with Crippen molar-refractivity contribution < 1.29 is 4.74 Å². The quantitative estimate of drug-likeness (QED) is 0.630. The molecule has 2 aromatic rings. The Balaban J connectivity index is 2.56. The lowest BCUT2D eigenvalue weighted by Gasteiger charge is -2.12. The fraction of sp³-hybridized carbons (Fsp3) is 0.250. The first-order valence-corrected chi connectivity index (χ1v) is 6.63. The summed E-state index contributed by atoms with van der Waals surface area (Å²) in [5.41, 5.74) is -0.677. The van der Waals surface area contributed by atoms with Crippen LogP contribution in [0.4, 0.5) is 0 Å². The smallest absolute Gasteiger partial charge is 0.321 e. The molecule has 0 spiro atoms. The van der Waals surface area contributed by atoms with Gasteiger partial charge in [-0.3, -0.25) is 18.7 Å². The second kappa shape index (κ2) is 6.62. The van der Waals surface area contributed by atoms with Crippen molar-refractivity contribution in [3.8, 4) is 23.3 Å². The molecule has 0 saturated heterocycles. The lowest BCUT2D eigenvalue weighted by molar-refractivity contribution is 0.339. The molecular weight excluding hydrogens is 268 g/mol. The van der Waals surface area contributed by atoms with Crippen molar-refractivity contribution in [1.29, 1.82) is 0 Å². The minimum absolute atomic E-state index is 0.207. The molecule has 2 rings (SSSR count). The molecule has 1 aromatic heterocycles. The van der Waals surface area contributed by atoms with Gasteiger partial charge in [0.1, 0.15) is 5.75 Å². The van der Waals surface area contributed by atoms with Gasteiger partial charge in [0, 0.05) is 12.4 Å². The highest BCUT2D eigenvalue weighted by Crippen LogP contribution is 2.20. The Kier molecular flexibility index (Phi) is 4.62. The van der Waals surface area contributed by atoms with Crippen molar-refractivity contribution >= 4 is 0 Å². The van der Waals surface area contributed by atoms with Crippen LogP contribution < -0.4 is 15.9 Å². The normalized spacial score (nSPS) is 9.81. The Labute approximate surface area is 122 Å². The molecule has 0 aliphatic rings. The second-order valence-corrected chi connectivity index (χ2v) is 4.23. The minimum atomic E-state index is -0.623. The first-order chi connectivity index (χ1) is 10.2. The average Bonchev–Trinajstić information content (AvgIpc) is 2.50. The summed E-state index contributed by atoms with van der Waals surface area (Å²) >= 11 is 0. The summed E-state index contributed by atoms with van der Waals surface area (Å²) in [7, 11) is 0. The maximum absolute atomic E-state index is 12.2. The minimum Gasteiger partial charge on any atom is -0.492 e. The molecule has 21 heavy (non-hydrogen) atoms. The molecule has 0 aliphatic carbocycles. The van der Waals surface area contributed by atoms with E-state index in [-0.39, 0.29) is 6.54 Å². The van der Waals surface area contributed by atoms with Gasteiger partial charge in [0.15, 0.2) is 0 Å². The molecule has 0 atom stereocenters. The molecule has 0 radical (unpaired) electrons. The predicted molar refractivity (Wildman–Crippen MR) is 80.9 cm³/mol. The van der Waals surface area contributed by atoms with Crippen LogP contribution in [0.25, 0.3) is 5.69 Å². The fourth-order valence-electron chi connectivity index (χ4n) is 1.92. The summed E-state index contributed by atoms with van der Waals surface area (Å²) in [6.07, 6.45) is 3.11. The third kappa shape index (κ3) is 3.06. The molecule has 108 valence electrons. The maximum Gasteiger partial charge on any atom is 0.321 e. The van der Waals surface area contributed by atoms with E-state index in [0.717, 1.165) is 0 Å². The van der Waals surface area contributed by atoms with Gasteiger partial charge >= 0.3 is 11.1 Å². The number of aromatic nitrogens is 2. The molecule has 0 fully saturated rings. The highest BCUT2D eigenvalue weighted by atomic mass is 16.5. The highest BCUT2D eigenvalue weighted by molar-refractivity contribution is 5.46. The Morgan fingerprint density at radius 2 is 1.90 bits per heavy atom. The van der Waals surface area contributed by atoms with E-state index < -0.39 is 11.1 Å². The zero-order chi connectivity index (χ0) is 15.2. The van der Waals surface area contributed by atoms with Crippen LogP contribution in [0, 0.1) is 11.8 Å². The van der Waals surface area contributed by atoms with Gasteiger partial charge in [0.25, 0.3) is 0 Å².